The van der Waals surface area contributed by atoms with Crippen LogP contribution in [0, 0.1) is 0 Å². The molecular weight excluding hydrogens is 1120 g/mol. The van der Waals surface area contributed by atoms with Gasteiger partial charge < -0.3 is 9.13 Å². The number of rotatable bonds is 12. The van der Waals surface area contributed by atoms with Gasteiger partial charge >= 0.3 is 0 Å². The molecular formula is C86H56N6. The number of hydrogen-bond donors (Lipinski definition) is 0. The second kappa shape index (κ2) is 23.0. The predicted molar refractivity (Wildman–Crippen MR) is 381 cm³/mol. The van der Waals surface area contributed by atoms with Gasteiger partial charge in [-0.1, -0.05) is 243 Å². The predicted octanol–water partition coefficient (Wildman–Crippen LogP) is 22.1. The van der Waals surface area contributed by atoms with Crippen LogP contribution < -0.4 is 0 Å². The van der Waals surface area contributed by atoms with E-state index < -0.39 is 0 Å². The van der Waals surface area contributed by atoms with Crippen LogP contribution in [0.4, 0.5) is 0 Å². The van der Waals surface area contributed by atoms with Crippen molar-refractivity contribution in [1.29, 1.82) is 0 Å². The first-order valence-corrected chi connectivity index (χ1v) is 31.2. The number of nitrogens with zero attached hydrogens (tertiary/aromatic N) is 6. The Kier molecular flexibility index (Phi) is 13.4. The summed E-state index contributed by atoms with van der Waals surface area (Å²) in [6.45, 7) is 0. The molecule has 0 aliphatic carbocycles. The molecule has 0 aliphatic rings. The van der Waals surface area contributed by atoms with Crippen molar-refractivity contribution in [1.82, 2.24) is 29.1 Å². The minimum atomic E-state index is 0.576. The van der Waals surface area contributed by atoms with Crippen LogP contribution in [0.3, 0.4) is 0 Å². The molecule has 4 heterocycles. The van der Waals surface area contributed by atoms with E-state index in [4.69, 9.17) is 19.9 Å². The zero-order valence-corrected chi connectivity index (χ0v) is 50.0. The van der Waals surface area contributed by atoms with Crippen LogP contribution in [0.5, 0.6) is 0 Å². The normalized spacial score (nSPS) is 11.5. The van der Waals surface area contributed by atoms with Gasteiger partial charge in [0.1, 0.15) is 0 Å². The van der Waals surface area contributed by atoms with Crippen molar-refractivity contribution in [2.45, 2.75) is 0 Å². The number of fused-ring (bicyclic) bond motifs is 6. The van der Waals surface area contributed by atoms with Gasteiger partial charge in [0.05, 0.1) is 33.4 Å². The fourth-order valence-corrected chi connectivity index (χ4v) is 13.4. The smallest absolute Gasteiger partial charge is 0.164 e. The van der Waals surface area contributed by atoms with Gasteiger partial charge in [0.2, 0.25) is 0 Å². The van der Waals surface area contributed by atoms with Gasteiger partial charge in [-0.3, -0.25) is 4.98 Å². The summed E-state index contributed by atoms with van der Waals surface area (Å²) in [5.74, 6) is 1.78. The Labute approximate surface area is 533 Å². The summed E-state index contributed by atoms with van der Waals surface area (Å²) in [6, 6.07) is 120. The van der Waals surface area contributed by atoms with E-state index in [1.54, 1.807) is 0 Å². The summed E-state index contributed by atoms with van der Waals surface area (Å²) in [5.41, 5.74) is 24.7. The maximum Gasteiger partial charge on any atom is 0.164 e. The molecule has 0 saturated carbocycles. The number of aromatic nitrogens is 6. The van der Waals surface area contributed by atoms with E-state index in [9.17, 15) is 0 Å². The quantitative estimate of drug-likeness (QED) is 0.122. The Morgan fingerprint density at radius 3 is 0.967 bits per heavy atom. The molecule has 0 saturated heterocycles. The van der Waals surface area contributed by atoms with E-state index in [0.29, 0.717) is 17.5 Å². The number of pyridine rings is 1. The molecule has 0 amide bonds. The Balaban J connectivity index is 0.889. The van der Waals surface area contributed by atoms with Crippen LogP contribution in [0.15, 0.2) is 340 Å². The molecule has 6 nitrogen and oxygen atoms in total. The van der Waals surface area contributed by atoms with E-state index in [1.807, 2.05) is 72.9 Å². The van der Waals surface area contributed by atoms with Crippen molar-refractivity contribution in [2.75, 3.05) is 0 Å². The molecule has 0 fully saturated rings. The zero-order valence-electron chi connectivity index (χ0n) is 50.0. The largest absolute Gasteiger partial charge is 0.309 e. The fraction of sp³-hybridized carbons (Fsp3) is 0. The van der Waals surface area contributed by atoms with Gasteiger partial charge in [0.15, 0.2) is 17.5 Å². The average molecular weight is 1170 g/mol. The third kappa shape index (κ3) is 9.80. The highest BCUT2D eigenvalue weighted by molar-refractivity contribution is 6.13. The van der Waals surface area contributed by atoms with E-state index >= 15 is 0 Å². The van der Waals surface area contributed by atoms with Gasteiger partial charge in [-0.2, -0.15) is 0 Å². The van der Waals surface area contributed by atoms with E-state index in [2.05, 4.69) is 276 Å². The lowest BCUT2D eigenvalue weighted by atomic mass is 9.91. The summed E-state index contributed by atoms with van der Waals surface area (Å²) in [4.78, 5) is 20.5. The van der Waals surface area contributed by atoms with Crippen LogP contribution in [-0.2, 0) is 0 Å². The Bertz CT molecular complexity index is 5320. The van der Waals surface area contributed by atoms with Crippen LogP contribution in [0.1, 0.15) is 0 Å². The highest BCUT2D eigenvalue weighted by atomic mass is 15.0. The van der Waals surface area contributed by atoms with Crippen molar-refractivity contribution >= 4 is 43.6 Å². The third-order valence-electron chi connectivity index (χ3n) is 17.9. The lowest BCUT2D eigenvalue weighted by Gasteiger charge is -2.19. The molecule has 0 N–H and O–H groups in total. The van der Waals surface area contributed by atoms with Crippen LogP contribution in [0.2, 0.25) is 0 Å². The van der Waals surface area contributed by atoms with Gasteiger partial charge in [-0.15, -0.1) is 0 Å². The summed E-state index contributed by atoms with van der Waals surface area (Å²) in [7, 11) is 0. The summed E-state index contributed by atoms with van der Waals surface area (Å²) in [5, 5.41) is 4.75. The molecule has 17 rings (SSSR count). The molecule has 6 heteroatoms. The molecule has 4 aromatic heterocycles. The maximum absolute atomic E-state index is 5.22. The molecule has 13 aromatic carbocycles. The van der Waals surface area contributed by atoms with Gasteiger partial charge in [-0.05, 0) is 152 Å². The first-order chi connectivity index (χ1) is 45.6. The minimum Gasteiger partial charge on any atom is -0.309 e. The molecule has 0 spiro atoms. The van der Waals surface area contributed by atoms with Crippen molar-refractivity contribution < 1.29 is 0 Å². The van der Waals surface area contributed by atoms with E-state index in [0.717, 1.165) is 94.8 Å². The fourth-order valence-electron chi connectivity index (χ4n) is 13.4. The van der Waals surface area contributed by atoms with Crippen molar-refractivity contribution in [3.8, 4) is 124 Å². The summed E-state index contributed by atoms with van der Waals surface area (Å²) >= 11 is 0. The minimum absolute atomic E-state index is 0.576. The first kappa shape index (κ1) is 53.8. The average Bonchev–Trinajstić information content (AvgIpc) is 1.58. The highest BCUT2D eigenvalue weighted by Crippen LogP contribution is 2.45. The maximum atomic E-state index is 5.22. The van der Waals surface area contributed by atoms with Crippen molar-refractivity contribution in [3.05, 3.63) is 340 Å². The van der Waals surface area contributed by atoms with Crippen LogP contribution in [0.25, 0.3) is 167 Å². The zero-order chi connectivity index (χ0) is 60.9. The lowest BCUT2D eigenvalue weighted by Crippen LogP contribution is -2.01. The monoisotopic (exact) mass is 1170 g/mol. The van der Waals surface area contributed by atoms with Crippen LogP contribution >= 0.6 is 0 Å². The molecule has 0 atom stereocenters. The third-order valence-corrected chi connectivity index (χ3v) is 17.9. The highest BCUT2D eigenvalue weighted by Gasteiger charge is 2.23. The molecule has 0 unspecified atom stereocenters. The second-order valence-corrected chi connectivity index (χ2v) is 23.4. The standard InChI is InChI=1S/C86H56N6/c1-7-21-57(22-8-1)64-37-45-80-74(51-64)75-52-65(58-23-9-2-10-24-58)38-46-81(75)91(80)70-42-34-61(35-43-70)73-55-68(41-49-79(73)92-82-47-39-66(59-25-11-3-12-26-59)53-76(82)77-54-67(40-48-83(77)92)60-27-13-4-14-28-60)72-56-69(36-44-71(72)78-33-19-20-50-87-78)86-89-84(62-29-15-5-16-30-62)88-85(90-86)63-31-17-6-18-32-63/h1-56H. The Morgan fingerprint density at radius 2 is 0.554 bits per heavy atom. The van der Waals surface area contributed by atoms with E-state index in [-0.39, 0.29) is 0 Å². The number of benzene rings is 13. The SMILES string of the molecule is c1ccc(-c2ccc3c(c2)c2cc(-c4ccccc4)ccc2n3-c2ccc(-c3cc(-c4cc(-c5nc(-c6ccccc6)nc(-c6ccccc6)n5)ccc4-c4ccccn4)ccc3-n3c4ccc(-c5ccccc5)cc4c4cc(-c5ccccc5)ccc43)cc2)cc1. The summed E-state index contributed by atoms with van der Waals surface area (Å²) in [6.07, 6.45) is 1.86. The molecule has 430 valence electrons. The number of hydrogen-bond acceptors (Lipinski definition) is 4. The van der Waals surface area contributed by atoms with Crippen LogP contribution in [-0.4, -0.2) is 29.1 Å². The molecule has 92 heavy (non-hydrogen) atoms. The van der Waals surface area contributed by atoms with Gasteiger partial charge in [0.25, 0.3) is 0 Å². The van der Waals surface area contributed by atoms with Crippen molar-refractivity contribution in [3.63, 3.8) is 0 Å². The molecule has 0 bridgehead atoms. The first-order valence-electron chi connectivity index (χ1n) is 31.2. The van der Waals surface area contributed by atoms with Gasteiger partial charge in [-0.25, -0.2) is 15.0 Å². The summed E-state index contributed by atoms with van der Waals surface area (Å²) < 4.78 is 4.90. The second-order valence-electron chi connectivity index (χ2n) is 23.4. The molecule has 0 aliphatic heterocycles. The topological polar surface area (TPSA) is 61.4 Å². The van der Waals surface area contributed by atoms with Gasteiger partial charge in [0, 0.05) is 61.2 Å². The Morgan fingerprint density at radius 1 is 0.207 bits per heavy atom. The molecule has 17 aromatic rings. The lowest BCUT2D eigenvalue weighted by molar-refractivity contribution is 1.07. The molecule has 0 radical (unpaired) electrons. The van der Waals surface area contributed by atoms with Crippen molar-refractivity contribution in [2.24, 2.45) is 0 Å². The Hall–Kier alpha value is -12.4. The van der Waals surface area contributed by atoms with E-state index in [1.165, 1.54) is 54.9 Å².